The van der Waals surface area contributed by atoms with Gasteiger partial charge < -0.3 is 13.9 Å². The summed E-state index contributed by atoms with van der Waals surface area (Å²) in [5, 5.41) is 0.777. The molecular weight excluding hydrogens is 332 g/mol. The molecule has 0 unspecified atom stereocenters. The van der Waals surface area contributed by atoms with Crippen molar-refractivity contribution in [2.75, 3.05) is 7.11 Å². The van der Waals surface area contributed by atoms with Crippen LogP contribution < -0.4 is 10.4 Å². The Hall–Kier alpha value is -3.08. The number of carbonyl (C=O) groups is 1. The van der Waals surface area contributed by atoms with Crippen LogP contribution in [0.25, 0.3) is 11.0 Å². The third-order valence-electron chi connectivity index (χ3n) is 4.20. The largest absolute Gasteiger partial charge is 0.497 e. The van der Waals surface area contributed by atoms with Gasteiger partial charge in [-0.25, -0.2) is 4.79 Å². The third kappa shape index (κ3) is 4.11. The van der Waals surface area contributed by atoms with Gasteiger partial charge in [0.15, 0.2) is 0 Å². The quantitative estimate of drug-likeness (QED) is 0.500. The normalized spacial score (nSPS) is 10.7. The predicted molar refractivity (Wildman–Crippen MR) is 98.4 cm³/mol. The number of methoxy groups -OCH3 is 1. The molecule has 0 saturated heterocycles. The molecule has 1 aromatic heterocycles. The maximum Gasteiger partial charge on any atom is 0.336 e. The summed E-state index contributed by atoms with van der Waals surface area (Å²) in [4.78, 5) is 23.9. The molecular formula is C21H20O5. The van der Waals surface area contributed by atoms with Gasteiger partial charge >= 0.3 is 11.6 Å². The van der Waals surface area contributed by atoms with Crippen molar-refractivity contribution < 1.29 is 18.7 Å². The predicted octanol–water partition coefficient (Wildman–Crippen LogP) is 3.65. The minimum Gasteiger partial charge on any atom is -0.497 e. The molecule has 5 nitrogen and oxygen atoms in total. The second-order valence-electron chi connectivity index (χ2n) is 5.96. The summed E-state index contributed by atoms with van der Waals surface area (Å²) in [7, 11) is 1.59. The average Bonchev–Trinajstić information content (AvgIpc) is 2.66. The van der Waals surface area contributed by atoms with Crippen molar-refractivity contribution in [1.82, 2.24) is 0 Å². The summed E-state index contributed by atoms with van der Waals surface area (Å²) in [5.74, 6) is 0.373. The Morgan fingerprint density at radius 3 is 2.46 bits per heavy atom. The lowest BCUT2D eigenvalue weighted by atomic mass is 10.1. The topological polar surface area (TPSA) is 65.7 Å². The highest BCUT2D eigenvalue weighted by molar-refractivity contribution is 5.81. The molecule has 3 aromatic rings. The minimum atomic E-state index is -0.452. The van der Waals surface area contributed by atoms with Crippen LogP contribution in [0.2, 0.25) is 0 Å². The molecule has 0 saturated carbocycles. The van der Waals surface area contributed by atoms with Crippen molar-refractivity contribution in [3.05, 3.63) is 75.6 Å². The fourth-order valence-electron chi connectivity index (χ4n) is 2.73. The zero-order valence-corrected chi connectivity index (χ0v) is 14.8. The molecule has 2 aromatic carbocycles. The molecule has 0 bridgehead atoms. The van der Waals surface area contributed by atoms with E-state index in [0.29, 0.717) is 11.1 Å². The van der Waals surface area contributed by atoms with Crippen LogP contribution in [0.3, 0.4) is 0 Å². The van der Waals surface area contributed by atoms with Crippen molar-refractivity contribution in [3.63, 3.8) is 0 Å². The Morgan fingerprint density at radius 1 is 1.04 bits per heavy atom. The molecule has 0 radical (unpaired) electrons. The molecule has 0 N–H and O–H groups in total. The van der Waals surface area contributed by atoms with Gasteiger partial charge in [-0.3, -0.25) is 4.79 Å². The van der Waals surface area contributed by atoms with E-state index < -0.39 is 5.63 Å². The Kier molecular flexibility index (Phi) is 5.37. The Morgan fingerprint density at radius 2 is 1.77 bits per heavy atom. The molecule has 26 heavy (non-hydrogen) atoms. The van der Waals surface area contributed by atoms with Crippen molar-refractivity contribution >= 4 is 16.9 Å². The van der Waals surface area contributed by atoms with Gasteiger partial charge in [-0.05, 0) is 35.7 Å². The second kappa shape index (κ2) is 7.87. The Balaban J connectivity index is 1.72. The Bertz CT molecular complexity index is 970. The van der Waals surface area contributed by atoms with Gasteiger partial charge in [0.1, 0.15) is 17.9 Å². The van der Waals surface area contributed by atoms with Gasteiger partial charge in [-0.15, -0.1) is 0 Å². The van der Waals surface area contributed by atoms with Crippen LogP contribution in [0, 0.1) is 0 Å². The number of benzene rings is 2. The first-order valence-electron chi connectivity index (χ1n) is 8.43. The molecule has 1 heterocycles. The van der Waals surface area contributed by atoms with Crippen molar-refractivity contribution in [1.29, 1.82) is 0 Å². The van der Waals surface area contributed by atoms with Gasteiger partial charge in [0, 0.05) is 17.0 Å². The van der Waals surface area contributed by atoms with Crippen LogP contribution in [-0.4, -0.2) is 13.1 Å². The summed E-state index contributed by atoms with van der Waals surface area (Å²) in [6.45, 7) is 2.06. The summed E-state index contributed by atoms with van der Waals surface area (Å²) in [6.07, 6.45) is 1.00. The van der Waals surface area contributed by atoms with Crippen LogP contribution in [0.15, 0.2) is 57.7 Å². The van der Waals surface area contributed by atoms with Crippen LogP contribution in [0.5, 0.6) is 5.75 Å². The van der Waals surface area contributed by atoms with Gasteiger partial charge in [0.2, 0.25) is 0 Å². The van der Waals surface area contributed by atoms with E-state index in [0.717, 1.165) is 28.7 Å². The zero-order valence-electron chi connectivity index (χ0n) is 14.8. The minimum absolute atomic E-state index is 0.0303. The number of esters is 1. The summed E-state index contributed by atoms with van der Waals surface area (Å²) in [5.41, 5.74) is 2.61. The average molecular weight is 352 g/mol. The molecule has 0 aliphatic rings. The first kappa shape index (κ1) is 17.7. The lowest BCUT2D eigenvalue weighted by Crippen LogP contribution is -2.10. The fraction of sp³-hybridized carbons (Fsp3) is 0.238. The number of fused-ring (bicyclic) bond motifs is 1. The standard InChI is InChI=1S/C21H20O5/c1-3-14-6-9-18-16(12-21(23)26-19(18)10-14)13-25-20(22)11-15-4-7-17(24-2)8-5-15/h4-10,12H,3,11,13H2,1-2H3. The van der Waals surface area contributed by atoms with E-state index in [-0.39, 0.29) is 19.0 Å². The molecule has 0 amide bonds. The number of carbonyl (C=O) groups excluding carboxylic acids is 1. The van der Waals surface area contributed by atoms with Crippen LogP contribution in [-0.2, 0) is 29.0 Å². The lowest BCUT2D eigenvalue weighted by molar-refractivity contribution is -0.144. The van der Waals surface area contributed by atoms with Gasteiger partial charge in [0.25, 0.3) is 0 Å². The van der Waals surface area contributed by atoms with E-state index in [4.69, 9.17) is 13.9 Å². The first-order chi connectivity index (χ1) is 12.6. The number of aryl methyl sites for hydroxylation is 1. The van der Waals surface area contributed by atoms with Gasteiger partial charge in [-0.1, -0.05) is 31.2 Å². The number of rotatable bonds is 6. The van der Waals surface area contributed by atoms with E-state index >= 15 is 0 Å². The van der Waals surface area contributed by atoms with Gasteiger partial charge in [-0.2, -0.15) is 0 Å². The number of ether oxygens (including phenoxy) is 2. The molecule has 0 aliphatic carbocycles. The zero-order chi connectivity index (χ0) is 18.5. The maximum atomic E-state index is 12.1. The smallest absolute Gasteiger partial charge is 0.336 e. The van der Waals surface area contributed by atoms with Crippen molar-refractivity contribution in [2.24, 2.45) is 0 Å². The fourth-order valence-corrected chi connectivity index (χ4v) is 2.73. The molecule has 0 aliphatic heterocycles. The molecule has 0 fully saturated rings. The summed E-state index contributed by atoms with van der Waals surface area (Å²) < 4.78 is 15.7. The lowest BCUT2D eigenvalue weighted by Gasteiger charge is -2.08. The molecule has 0 atom stereocenters. The van der Waals surface area contributed by atoms with E-state index in [1.807, 2.05) is 37.3 Å². The highest BCUT2D eigenvalue weighted by atomic mass is 16.5. The Labute approximate surface area is 151 Å². The molecule has 134 valence electrons. The molecule has 0 spiro atoms. The highest BCUT2D eigenvalue weighted by Crippen LogP contribution is 2.20. The highest BCUT2D eigenvalue weighted by Gasteiger charge is 2.10. The summed E-state index contributed by atoms with van der Waals surface area (Å²) in [6, 6.07) is 14.3. The van der Waals surface area contributed by atoms with Gasteiger partial charge in [0.05, 0.1) is 13.5 Å². The van der Waals surface area contributed by atoms with Crippen molar-refractivity contribution in [2.45, 2.75) is 26.4 Å². The molecule has 5 heteroatoms. The SMILES string of the molecule is CCc1ccc2c(COC(=O)Cc3ccc(OC)cc3)cc(=O)oc2c1. The van der Waals surface area contributed by atoms with Crippen LogP contribution in [0.4, 0.5) is 0 Å². The van der Waals surface area contributed by atoms with E-state index in [1.54, 1.807) is 19.2 Å². The van der Waals surface area contributed by atoms with E-state index in [1.165, 1.54) is 6.07 Å². The third-order valence-corrected chi connectivity index (χ3v) is 4.20. The van der Waals surface area contributed by atoms with E-state index in [9.17, 15) is 9.59 Å². The monoisotopic (exact) mass is 352 g/mol. The second-order valence-corrected chi connectivity index (χ2v) is 5.96. The summed E-state index contributed by atoms with van der Waals surface area (Å²) >= 11 is 0. The van der Waals surface area contributed by atoms with Crippen LogP contribution in [0.1, 0.15) is 23.6 Å². The first-order valence-corrected chi connectivity index (χ1v) is 8.43. The van der Waals surface area contributed by atoms with E-state index in [2.05, 4.69) is 0 Å². The van der Waals surface area contributed by atoms with Crippen molar-refractivity contribution in [3.8, 4) is 5.75 Å². The number of hydrogen-bond acceptors (Lipinski definition) is 5. The maximum absolute atomic E-state index is 12.1. The number of hydrogen-bond donors (Lipinski definition) is 0. The molecule has 3 rings (SSSR count). The van der Waals surface area contributed by atoms with Crippen LogP contribution >= 0.6 is 0 Å².